The van der Waals surface area contributed by atoms with Crippen LogP contribution in [0.25, 0.3) is 0 Å². The smallest absolute Gasteiger partial charge is 0.251 e. The zero-order chi connectivity index (χ0) is 18.8. The highest BCUT2D eigenvalue weighted by Crippen LogP contribution is 2.24. The third-order valence-corrected chi connectivity index (χ3v) is 4.82. The molecule has 0 saturated carbocycles. The second-order valence-electron chi connectivity index (χ2n) is 5.99. The fraction of sp³-hybridized carbons (Fsp3) is 0.158. The number of carbonyl (C=O) groups is 2. The van der Waals surface area contributed by atoms with Gasteiger partial charge >= 0.3 is 0 Å². The number of rotatable bonds is 3. The number of nitrogens with one attached hydrogen (secondary N) is 1. The molecule has 0 bridgehead atoms. The summed E-state index contributed by atoms with van der Waals surface area (Å²) in [6.07, 6.45) is 1.38. The number of anilines is 1. The summed E-state index contributed by atoms with van der Waals surface area (Å²) in [5, 5.41) is 2.65. The van der Waals surface area contributed by atoms with Gasteiger partial charge in [0.2, 0.25) is 5.91 Å². The number of hydrogen-bond acceptors (Lipinski definition) is 4. The topological polar surface area (TPSA) is 61.8 Å². The molecule has 3 rings (SSSR count). The minimum Gasteiger partial charge on any atom is -0.301 e. The highest BCUT2D eigenvalue weighted by Gasteiger charge is 2.38. The van der Waals surface area contributed by atoms with E-state index in [0.29, 0.717) is 5.69 Å². The van der Waals surface area contributed by atoms with Crippen molar-refractivity contribution in [2.45, 2.75) is 13.8 Å². The number of aliphatic imine (C=N–C) groups is 1. The zero-order valence-electron chi connectivity index (χ0n) is 14.2. The van der Waals surface area contributed by atoms with E-state index in [1.165, 1.54) is 11.1 Å². The van der Waals surface area contributed by atoms with Crippen LogP contribution in [0.1, 0.15) is 11.1 Å². The molecule has 26 heavy (non-hydrogen) atoms. The molecule has 1 heterocycles. The molecule has 1 aliphatic rings. The number of amides is 2. The number of carbonyl (C=O) groups excluding carboxylic acids is 2. The molecule has 0 aliphatic carbocycles. The van der Waals surface area contributed by atoms with Crippen LogP contribution in [0.4, 0.5) is 11.4 Å². The predicted molar refractivity (Wildman–Crippen MR) is 110 cm³/mol. The van der Waals surface area contributed by atoms with Gasteiger partial charge in [0.15, 0.2) is 11.0 Å². The van der Waals surface area contributed by atoms with Gasteiger partial charge in [0.25, 0.3) is 5.91 Å². The van der Waals surface area contributed by atoms with Crippen molar-refractivity contribution in [3.8, 4) is 0 Å². The number of hydrogen-bond donors (Lipinski definition) is 1. The van der Waals surface area contributed by atoms with Gasteiger partial charge < -0.3 is 5.32 Å². The van der Waals surface area contributed by atoms with Gasteiger partial charge in [0.05, 0.1) is 11.4 Å². The molecule has 1 N–H and O–H groups in total. The van der Waals surface area contributed by atoms with Crippen molar-refractivity contribution in [3.63, 3.8) is 0 Å². The Balaban J connectivity index is 1.90. The van der Waals surface area contributed by atoms with Crippen molar-refractivity contribution >= 4 is 62.7 Å². The molecule has 0 unspecified atom stereocenters. The van der Waals surface area contributed by atoms with Gasteiger partial charge in [0, 0.05) is 10.7 Å². The molecule has 2 amide bonds. The number of aryl methyl sites for hydroxylation is 2. The molecule has 0 aromatic heterocycles. The van der Waals surface area contributed by atoms with Gasteiger partial charge in [-0.15, -0.1) is 0 Å². The number of nitrogens with zero attached hydrogens (tertiary/aromatic N) is 2. The lowest BCUT2D eigenvalue weighted by molar-refractivity contribution is -0.130. The summed E-state index contributed by atoms with van der Waals surface area (Å²) in [5.41, 5.74) is 3.41. The Morgan fingerprint density at radius 3 is 2.50 bits per heavy atom. The maximum absolute atomic E-state index is 12.9. The second kappa shape index (κ2) is 7.47. The van der Waals surface area contributed by atoms with Crippen LogP contribution in [-0.4, -0.2) is 23.1 Å². The summed E-state index contributed by atoms with van der Waals surface area (Å²) in [6, 6.07) is 12.9. The minimum absolute atomic E-state index is 0.0680. The first-order valence-corrected chi connectivity index (χ1v) is 9.13. The van der Waals surface area contributed by atoms with Crippen molar-refractivity contribution in [1.82, 2.24) is 5.32 Å². The average molecular weight is 430 g/mol. The highest BCUT2D eigenvalue weighted by molar-refractivity contribution is 9.10. The lowest BCUT2D eigenvalue weighted by Crippen LogP contribution is -2.58. The van der Waals surface area contributed by atoms with E-state index < -0.39 is 17.7 Å². The number of halogens is 1. The van der Waals surface area contributed by atoms with Gasteiger partial charge in [0.1, 0.15) is 0 Å². The Bertz CT molecular complexity index is 925. The summed E-state index contributed by atoms with van der Waals surface area (Å²) in [4.78, 5) is 30.8. The molecule has 0 radical (unpaired) electrons. The van der Waals surface area contributed by atoms with Crippen LogP contribution in [0.2, 0.25) is 0 Å². The zero-order valence-corrected chi connectivity index (χ0v) is 16.6. The van der Waals surface area contributed by atoms with Crippen molar-refractivity contribution in [1.29, 1.82) is 0 Å². The fourth-order valence-corrected chi connectivity index (χ4v) is 3.22. The Labute approximate surface area is 165 Å². The van der Waals surface area contributed by atoms with E-state index in [9.17, 15) is 9.59 Å². The molecule has 132 valence electrons. The van der Waals surface area contributed by atoms with E-state index in [1.54, 1.807) is 24.3 Å². The molecular weight excluding hydrogens is 414 g/mol. The van der Waals surface area contributed by atoms with Gasteiger partial charge in [-0.3, -0.25) is 19.5 Å². The Kier molecular flexibility index (Phi) is 5.29. The van der Waals surface area contributed by atoms with Crippen LogP contribution in [0.15, 0.2) is 51.9 Å². The third-order valence-electron chi connectivity index (χ3n) is 4.00. The van der Waals surface area contributed by atoms with E-state index in [0.717, 1.165) is 21.3 Å². The van der Waals surface area contributed by atoms with E-state index in [2.05, 4.69) is 26.2 Å². The van der Waals surface area contributed by atoms with Crippen molar-refractivity contribution < 1.29 is 9.59 Å². The summed E-state index contributed by atoms with van der Waals surface area (Å²) in [5.74, 6) is -1.93. The summed E-state index contributed by atoms with van der Waals surface area (Å²) in [7, 11) is 0. The first-order valence-electron chi connectivity index (χ1n) is 7.92. The Morgan fingerprint density at radius 1 is 1.15 bits per heavy atom. The van der Waals surface area contributed by atoms with Crippen molar-refractivity contribution in [2.24, 2.45) is 10.9 Å². The Morgan fingerprint density at radius 2 is 1.85 bits per heavy atom. The quantitative estimate of drug-likeness (QED) is 0.458. The maximum Gasteiger partial charge on any atom is 0.251 e. The molecule has 0 spiro atoms. The van der Waals surface area contributed by atoms with Crippen LogP contribution in [0.3, 0.4) is 0 Å². The lowest BCUT2D eigenvalue weighted by atomic mass is 10.1. The van der Waals surface area contributed by atoms with E-state index >= 15 is 0 Å². The van der Waals surface area contributed by atoms with Gasteiger partial charge in [-0.2, -0.15) is 0 Å². The monoisotopic (exact) mass is 429 g/mol. The fourth-order valence-electron chi connectivity index (χ4n) is 2.66. The standard InChI is InChI=1S/C19H16BrN3O2S/c1-11-3-8-16(12(2)9-11)21-10-15-17(24)22-19(26)23(18(15)25)14-6-4-13(20)5-7-14/h3-10,15H,1-2H3,(H,22,24,26)/t15-/m1/s1. The van der Waals surface area contributed by atoms with Gasteiger partial charge in [-0.1, -0.05) is 33.6 Å². The molecule has 1 aliphatic heterocycles. The minimum atomic E-state index is -1.04. The van der Waals surface area contributed by atoms with Gasteiger partial charge in [-0.05, 0) is 62.0 Å². The SMILES string of the molecule is Cc1ccc(N=C[C@@H]2C(=O)NC(=S)N(c3ccc(Br)cc3)C2=O)c(C)c1. The third kappa shape index (κ3) is 3.73. The van der Waals surface area contributed by atoms with Crippen LogP contribution >= 0.6 is 28.1 Å². The maximum atomic E-state index is 12.9. The Hall–Kier alpha value is -2.38. The lowest BCUT2D eigenvalue weighted by Gasteiger charge is -2.30. The average Bonchev–Trinajstić information content (AvgIpc) is 2.57. The molecule has 1 atom stereocenters. The molecule has 2 aromatic rings. The summed E-state index contributed by atoms with van der Waals surface area (Å²) < 4.78 is 0.883. The second-order valence-corrected chi connectivity index (χ2v) is 7.29. The van der Waals surface area contributed by atoms with Gasteiger partial charge in [-0.25, -0.2) is 0 Å². The normalized spacial score (nSPS) is 17.7. The van der Waals surface area contributed by atoms with Crippen molar-refractivity contribution in [2.75, 3.05) is 4.90 Å². The molecule has 1 saturated heterocycles. The largest absolute Gasteiger partial charge is 0.301 e. The number of thiocarbonyl (C=S) groups is 1. The van der Waals surface area contributed by atoms with E-state index in [4.69, 9.17) is 12.2 Å². The van der Waals surface area contributed by atoms with E-state index in [1.807, 2.05) is 32.0 Å². The van der Waals surface area contributed by atoms with E-state index in [-0.39, 0.29) is 5.11 Å². The molecular formula is C19H16BrN3O2S. The highest BCUT2D eigenvalue weighted by atomic mass is 79.9. The van der Waals surface area contributed by atoms with Crippen LogP contribution in [-0.2, 0) is 9.59 Å². The van der Waals surface area contributed by atoms with Crippen LogP contribution in [0, 0.1) is 19.8 Å². The summed E-state index contributed by atoms with van der Waals surface area (Å²) >= 11 is 8.54. The van der Waals surface area contributed by atoms with Crippen LogP contribution in [0.5, 0.6) is 0 Å². The molecule has 1 fully saturated rings. The number of benzene rings is 2. The molecule has 2 aromatic carbocycles. The first kappa shape index (κ1) is 18.4. The van der Waals surface area contributed by atoms with Crippen molar-refractivity contribution in [3.05, 3.63) is 58.1 Å². The molecule has 5 nitrogen and oxygen atoms in total. The first-order chi connectivity index (χ1) is 12.4. The molecule has 7 heteroatoms. The van der Waals surface area contributed by atoms with Crippen LogP contribution < -0.4 is 10.2 Å². The summed E-state index contributed by atoms with van der Waals surface area (Å²) in [6.45, 7) is 3.93. The predicted octanol–water partition coefficient (Wildman–Crippen LogP) is 3.83.